The molecule has 1 fully saturated rings. The minimum Gasteiger partial charge on any atom is -0.494 e. The molecule has 1 amide bonds. The zero-order valence-electron chi connectivity index (χ0n) is 16.6. The molecule has 2 aromatic carbocycles. The normalized spacial score (nSPS) is 16.0. The zero-order chi connectivity index (χ0) is 19.2. The van der Waals surface area contributed by atoms with Crippen LogP contribution in [-0.4, -0.2) is 25.6 Å². The second-order valence-electron chi connectivity index (χ2n) is 7.41. The first-order valence-corrected chi connectivity index (χ1v) is 9.95. The number of hydrogen-bond donors (Lipinski definition) is 1. The van der Waals surface area contributed by atoms with Crippen molar-refractivity contribution < 1.29 is 9.53 Å². The fourth-order valence-electron chi connectivity index (χ4n) is 3.47. The predicted octanol–water partition coefficient (Wildman–Crippen LogP) is 4.81. The summed E-state index contributed by atoms with van der Waals surface area (Å²) in [6, 6.07) is 15.8. The molecular formula is C23H30N2O2. The molecule has 0 unspecified atom stereocenters. The molecule has 1 aliphatic rings. The number of nitrogens with zero attached hydrogens (tertiary/aromatic N) is 1. The van der Waals surface area contributed by atoms with Crippen LogP contribution in [0.5, 0.6) is 5.75 Å². The van der Waals surface area contributed by atoms with Crippen LogP contribution in [0.1, 0.15) is 55.6 Å². The van der Waals surface area contributed by atoms with E-state index in [1.54, 1.807) is 12.1 Å². The average Bonchev–Trinajstić information content (AvgIpc) is 2.69. The van der Waals surface area contributed by atoms with Crippen LogP contribution in [0.3, 0.4) is 0 Å². The average molecular weight is 367 g/mol. The molecule has 0 radical (unpaired) electrons. The van der Waals surface area contributed by atoms with Crippen LogP contribution in [0.4, 0.5) is 5.69 Å². The van der Waals surface area contributed by atoms with Crippen LogP contribution in [0.2, 0.25) is 0 Å². The molecule has 1 saturated heterocycles. The Labute approximate surface area is 162 Å². The largest absolute Gasteiger partial charge is 0.494 e. The third-order valence-electron chi connectivity index (χ3n) is 5.32. The Morgan fingerprint density at radius 2 is 1.74 bits per heavy atom. The molecule has 2 aromatic rings. The van der Waals surface area contributed by atoms with Crippen LogP contribution in [-0.2, 0) is 0 Å². The van der Waals surface area contributed by atoms with Crippen molar-refractivity contribution in [2.75, 3.05) is 24.6 Å². The maximum Gasteiger partial charge on any atom is 0.251 e. The van der Waals surface area contributed by atoms with Crippen LogP contribution in [0.25, 0.3) is 0 Å². The van der Waals surface area contributed by atoms with Crippen LogP contribution in [0, 0.1) is 5.92 Å². The SMILES string of the molecule is CCOc1ccc(C(=O)N[C@H](C)c2ccc(N3CCC(C)CC3)cc2)cc1. The molecule has 4 heteroatoms. The van der Waals surface area contributed by atoms with E-state index in [1.807, 2.05) is 26.0 Å². The van der Waals surface area contributed by atoms with Crippen molar-refractivity contribution >= 4 is 11.6 Å². The molecule has 4 nitrogen and oxygen atoms in total. The van der Waals surface area contributed by atoms with Crippen LogP contribution in [0.15, 0.2) is 48.5 Å². The van der Waals surface area contributed by atoms with E-state index in [0.717, 1.165) is 30.3 Å². The van der Waals surface area contributed by atoms with Crippen molar-refractivity contribution in [3.05, 3.63) is 59.7 Å². The van der Waals surface area contributed by atoms with Crippen molar-refractivity contribution in [1.29, 1.82) is 0 Å². The summed E-state index contributed by atoms with van der Waals surface area (Å²) in [7, 11) is 0. The molecule has 0 bridgehead atoms. The van der Waals surface area contributed by atoms with Crippen molar-refractivity contribution in [3.8, 4) is 5.75 Å². The molecule has 1 atom stereocenters. The minimum absolute atomic E-state index is 0.0421. The third-order valence-corrected chi connectivity index (χ3v) is 5.32. The summed E-state index contributed by atoms with van der Waals surface area (Å²) < 4.78 is 5.42. The van der Waals surface area contributed by atoms with E-state index in [1.165, 1.54) is 18.5 Å². The number of carbonyl (C=O) groups excluding carboxylic acids is 1. The van der Waals surface area contributed by atoms with Gasteiger partial charge in [0.2, 0.25) is 0 Å². The highest BCUT2D eigenvalue weighted by atomic mass is 16.5. The number of benzene rings is 2. The number of rotatable bonds is 6. The predicted molar refractivity (Wildman–Crippen MR) is 111 cm³/mol. The van der Waals surface area contributed by atoms with Crippen LogP contribution < -0.4 is 15.0 Å². The number of carbonyl (C=O) groups is 1. The van der Waals surface area contributed by atoms with Gasteiger partial charge in [0.15, 0.2) is 0 Å². The maximum absolute atomic E-state index is 12.5. The fourth-order valence-corrected chi connectivity index (χ4v) is 3.47. The van der Waals surface area contributed by atoms with Gasteiger partial charge in [-0.2, -0.15) is 0 Å². The van der Waals surface area contributed by atoms with E-state index < -0.39 is 0 Å². The first-order chi connectivity index (χ1) is 13.1. The van der Waals surface area contributed by atoms with E-state index in [9.17, 15) is 4.79 Å². The highest BCUT2D eigenvalue weighted by molar-refractivity contribution is 5.94. The van der Waals surface area contributed by atoms with Gasteiger partial charge in [-0.05, 0) is 74.6 Å². The molecule has 27 heavy (non-hydrogen) atoms. The monoisotopic (exact) mass is 366 g/mol. The Morgan fingerprint density at radius 3 is 2.33 bits per heavy atom. The molecule has 1 aliphatic heterocycles. The first-order valence-electron chi connectivity index (χ1n) is 9.95. The van der Waals surface area contributed by atoms with Gasteiger partial charge in [-0.25, -0.2) is 0 Å². The number of anilines is 1. The van der Waals surface area contributed by atoms with E-state index in [0.29, 0.717) is 12.2 Å². The molecular weight excluding hydrogens is 336 g/mol. The van der Waals surface area contributed by atoms with E-state index in [-0.39, 0.29) is 11.9 Å². The minimum atomic E-state index is -0.0698. The maximum atomic E-state index is 12.5. The number of nitrogens with one attached hydrogen (secondary N) is 1. The molecule has 0 spiro atoms. The summed E-state index contributed by atoms with van der Waals surface area (Å²) in [4.78, 5) is 14.9. The molecule has 1 N–H and O–H groups in total. The van der Waals surface area contributed by atoms with Gasteiger partial charge < -0.3 is 15.0 Å². The second kappa shape index (κ2) is 8.94. The van der Waals surface area contributed by atoms with Gasteiger partial charge in [0.05, 0.1) is 12.6 Å². The summed E-state index contributed by atoms with van der Waals surface area (Å²) in [6.07, 6.45) is 2.52. The van der Waals surface area contributed by atoms with E-state index >= 15 is 0 Å². The quantitative estimate of drug-likeness (QED) is 0.797. The molecule has 0 saturated carbocycles. The second-order valence-corrected chi connectivity index (χ2v) is 7.41. The van der Waals surface area contributed by atoms with E-state index in [4.69, 9.17) is 4.74 Å². The number of amides is 1. The number of ether oxygens (including phenoxy) is 1. The van der Waals surface area contributed by atoms with Gasteiger partial charge in [0.25, 0.3) is 5.91 Å². The highest BCUT2D eigenvalue weighted by Crippen LogP contribution is 2.24. The van der Waals surface area contributed by atoms with Crippen molar-refractivity contribution in [3.63, 3.8) is 0 Å². The van der Waals surface area contributed by atoms with Gasteiger partial charge >= 0.3 is 0 Å². The van der Waals surface area contributed by atoms with Gasteiger partial charge in [0, 0.05) is 24.3 Å². The van der Waals surface area contributed by atoms with Gasteiger partial charge in [-0.15, -0.1) is 0 Å². The Balaban J connectivity index is 1.58. The first kappa shape index (κ1) is 19.3. The lowest BCUT2D eigenvalue weighted by Crippen LogP contribution is -2.32. The third kappa shape index (κ3) is 5.03. The summed E-state index contributed by atoms with van der Waals surface area (Å²) in [5, 5.41) is 3.08. The summed E-state index contributed by atoms with van der Waals surface area (Å²) in [5.74, 6) is 1.54. The summed E-state index contributed by atoms with van der Waals surface area (Å²) in [5.41, 5.74) is 3.03. The Hall–Kier alpha value is -2.49. The smallest absolute Gasteiger partial charge is 0.251 e. The lowest BCUT2D eigenvalue weighted by molar-refractivity contribution is 0.0940. The van der Waals surface area contributed by atoms with Crippen molar-refractivity contribution in [2.45, 2.75) is 39.7 Å². The molecule has 0 aromatic heterocycles. The summed E-state index contributed by atoms with van der Waals surface area (Å²) >= 11 is 0. The van der Waals surface area contributed by atoms with Gasteiger partial charge in [-0.3, -0.25) is 4.79 Å². The Morgan fingerprint density at radius 1 is 1.11 bits per heavy atom. The molecule has 1 heterocycles. The lowest BCUT2D eigenvalue weighted by Gasteiger charge is -2.32. The molecule has 3 rings (SSSR count). The zero-order valence-corrected chi connectivity index (χ0v) is 16.6. The highest BCUT2D eigenvalue weighted by Gasteiger charge is 2.17. The topological polar surface area (TPSA) is 41.6 Å². The van der Waals surface area contributed by atoms with Crippen molar-refractivity contribution in [1.82, 2.24) is 5.32 Å². The number of hydrogen-bond acceptors (Lipinski definition) is 3. The molecule has 0 aliphatic carbocycles. The van der Waals surface area contributed by atoms with Crippen molar-refractivity contribution in [2.24, 2.45) is 5.92 Å². The van der Waals surface area contributed by atoms with Crippen LogP contribution >= 0.6 is 0 Å². The Kier molecular flexibility index (Phi) is 6.38. The van der Waals surface area contributed by atoms with Gasteiger partial charge in [0.1, 0.15) is 5.75 Å². The summed E-state index contributed by atoms with van der Waals surface area (Å²) in [6.45, 7) is 9.17. The van der Waals surface area contributed by atoms with Gasteiger partial charge in [-0.1, -0.05) is 19.1 Å². The lowest BCUT2D eigenvalue weighted by atomic mass is 9.98. The standard InChI is InChI=1S/C23H30N2O2/c1-4-27-22-11-7-20(8-12-22)23(26)24-18(3)19-5-9-21(10-6-19)25-15-13-17(2)14-16-25/h5-12,17-18H,4,13-16H2,1-3H3,(H,24,26)/t18-/m1/s1. The number of piperidine rings is 1. The Bertz CT molecular complexity index is 732. The molecule has 144 valence electrons. The van der Waals surface area contributed by atoms with E-state index in [2.05, 4.69) is 41.4 Å². The fraction of sp³-hybridized carbons (Fsp3) is 0.435.